The fraction of sp³-hybridized carbons (Fsp3) is 0.323. The first-order valence-electron chi connectivity index (χ1n) is 13.3. The lowest BCUT2D eigenvalue weighted by Crippen LogP contribution is -2.57. The van der Waals surface area contributed by atoms with E-state index in [2.05, 4.69) is 10.2 Å². The molecule has 1 N–H and O–H groups in total. The van der Waals surface area contributed by atoms with E-state index in [1.165, 1.54) is 0 Å². The van der Waals surface area contributed by atoms with Crippen molar-refractivity contribution in [3.05, 3.63) is 96.1 Å². The van der Waals surface area contributed by atoms with Crippen molar-refractivity contribution in [2.45, 2.75) is 31.3 Å². The van der Waals surface area contributed by atoms with E-state index in [4.69, 9.17) is 4.74 Å². The lowest BCUT2D eigenvalue weighted by Gasteiger charge is -2.43. The zero-order valence-electron chi connectivity index (χ0n) is 22.4. The first-order valence-corrected chi connectivity index (χ1v) is 13.3. The highest BCUT2D eigenvalue weighted by molar-refractivity contribution is 5.98. The van der Waals surface area contributed by atoms with Crippen molar-refractivity contribution in [1.82, 2.24) is 15.1 Å². The van der Waals surface area contributed by atoms with Gasteiger partial charge in [-0.3, -0.25) is 14.4 Å². The second-order valence-electron chi connectivity index (χ2n) is 10.2. The van der Waals surface area contributed by atoms with Crippen LogP contribution in [-0.2, 0) is 9.59 Å². The van der Waals surface area contributed by atoms with Gasteiger partial charge in [0.1, 0.15) is 17.8 Å². The number of carbonyl (C=O) groups excluding carboxylic acids is 3. The number of nitrogens with zero attached hydrogens (tertiary/aromatic N) is 3. The molecule has 0 radical (unpaired) electrons. The van der Waals surface area contributed by atoms with Crippen LogP contribution in [0.1, 0.15) is 41.7 Å². The molecule has 1 atom stereocenters. The van der Waals surface area contributed by atoms with Crippen LogP contribution in [0.4, 0.5) is 5.69 Å². The van der Waals surface area contributed by atoms with Gasteiger partial charge in [0.15, 0.2) is 0 Å². The number of rotatable bonds is 7. The van der Waals surface area contributed by atoms with Crippen molar-refractivity contribution in [3.8, 4) is 5.75 Å². The molecule has 0 aliphatic carbocycles. The van der Waals surface area contributed by atoms with E-state index in [0.717, 1.165) is 11.3 Å². The molecule has 39 heavy (non-hydrogen) atoms. The minimum absolute atomic E-state index is 0.0203. The molecular weight excluding hydrogens is 492 g/mol. The molecule has 0 aromatic heterocycles. The molecule has 0 bridgehead atoms. The van der Waals surface area contributed by atoms with Gasteiger partial charge in [-0.1, -0.05) is 54.6 Å². The number of benzene rings is 3. The molecule has 8 nitrogen and oxygen atoms in total. The molecule has 8 heteroatoms. The fourth-order valence-corrected chi connectivity index (χ4v) is 5.63. The SMILES string of the molecule is COc1cccc(C(=O)N2CCC3(CC2)C(=O)N(CC(=O)NC(C)c2ccccc2)CN3c2ccccc2)c1. The van der Waals surface area contributed by atoms with Crippen molar-refractivity contribution in [3.63, 3.8) is 0 Å². The predicted molar refractivity (Wildman–Crippen MR) is 149 cm³/mol. The highest BCUT2D eigenvalue weighted by Gasteiger charge is 2.54. The maximum atomic E-state index is 14.0. The topological polar surface area (TPSA) is 82.2 Å². The van der Waals surface area contributed by atoms with Gasteiger partial charge in [-0.05, 0) is 55.7 Å². The maximum absolute atomic E-state index is 14.0. The van der Waals surface area contributed by atoms with Gasteiger partial charge >= 0.3 is 0 Å². The molecule has 1 unspecified atom stereocenters. The van der Waals surface area contributed by atoms with Crippen LogP contribution < -0.4 is 15.0 Å². The summed E-state index contributed by atoms with van der Waals surface area (Å²) in [5, 5.41) is 3.02. The summed E-state index contributed by atoms with van der Waals surface area (Å²) in [6.07, 6.45) is 0.962. The molecule has 5 rings (SSSR count). The van der Waals surface area contributed by atoms with Gasteiger partial charge in [0.2, 0.25) is 5.91 Å². The van der Waals surface area contributed by atoms with Crippen LogP contribution >= 0.6 is 0 Å². The zero-order chi connectivity index (χ0) is 27.4. The molecule has 2 fully saturated rings. The Morgan fingerprint density at radius 1 is 0.949 bits per heavy atom. The largest absolute Gasteiger partial charge is 0.497 e. The Kier molecular flexibility index (Phi) is 7.54. The number of ether oxygens (including phenoxy) is 1. The van der Waals surface area contributed by atoms with E-state index in [-0.39, 0.29) is 30.3 Å². The maximum Gasteiger partial charge on any atom is 0.253 e. The average molecular weight is 527 g/mol. The van der Waals surface area contributed by atoms with E-state index in [9.17, 15) is 14.4 Å². The number of piperidine rings is 1. The monoisotopic (exact) mass is 526 g/mol. The number of amides is 3. The first-order chi connectivity index (χ1) is 18.9. The standard InChI is InChI=1S/C31H34N4O4/c1-23(24-10-5-3-6-11-24)32-28(36)21-34-22-35(26-13-7-4-8-14-26)31(30(34)38)16-18-33(19-17-31)29(37)25-12-9-15-27(20-25)39-2/h3-15,20,23H,16-19,21-22H2,1-2H3,(H,32,36). The second-order valence-corrected chi connectivity index (χ2v) is 10.2. The van der Waals surface area contributed by atoms with Crippen LogP contribution in [0.15, 0.2) is 84.9 Å². The lowest BCUT2D eigenvalue weighted by molar-refractivity contribution is -0.137. The summed E-state index contributed by atoms with van der Waals surface area (Å²) in [6, 6.07) is 26.5. The average Bonchev–Trinajstić information content (AvgIpc) is 3.24. The van der Waals surface area contributed by atoms with Crippen molar-refractivity contribution in [2.75, 3.05) is 38.3 Å². The van der Waals surface area contributed by atoms with Crippen molar-refractivity contribution in [1.29, 1.82) is 0 Å². The molecule has 202 valence electrons. The molecule has 0 saturated carbocycles. The molecule has 3 amide bonds. The van der Waals surface area contributed by atoms with Gasteiger partial charge in [0, 0.05) is 24.3 Å². The normalized spacial score (nSPS) is 17.3. The third-order valence-electron chi connectivity index (χ3n) is 7.79. The molecule has 1 spiro atoms. The second kappa shape index (κ2) is 11.2. The first kappa shape index (κ1) is 26.3. The summed E-state index contributed by atoms with van der Waals surface area (Å²) in [6.45, 7) is 3.12. The van der Waals surface area contributed by atoms with Crippen LogP contribution in [0.3, 0.4) is 0 Å². The van der Waals surface area contributed by atoms with Gasteiger partial charge in [-0.2, -0.15) is 0 Å². The van der Waals surface area contributed by atoms with E-state index >= 15 is 0 Å². The number of likely N-dealkylation sites (tertiary alicyclic amines) is 1. The van der Waals surface area contributed by atoms with Crippen molar-refractivity contribution >= 4 is 23.4 Å². The van der Waals surface area contributed by atoms with E-state index < -0.39 is 5.54 Å². The minimum atomic E-state index is -0.808. The minimum Gasteiger partial charge on any atom is -0.497 e. The highest BCUT2D eigenvalue weighted by Crippen LogP contribution is 2.39. The molecule has 3 aromatic carbocycles. The zero-order valence-corrected chi connectivity index (χ0v) is 22.4. The fourth-order valence-electron chi connectivity index (χ4n) is 5.63. The predicted octanol–water partition coefficient (Wildman–Crippen LogP) is 3.85. The van der Waals surface area contributed by atoms with E-state index in [1.54, 1.807) is 35.1 Å². The third-order valence-corrected chi connectivity index (χ3v) is 7.79. The number of methoxy groups -OCH3 is 1. The van der Waals surface area contributed by atoms with E-state index in [0.29, 0.717) is 43.9 Å². The summed E-state index contributed by atoms with van der Waals surface area (Å²) < 4.78 is 5.28. The Morgan fingerprint density at radius 2 is 1.62 bits per heavy atom. The molecule has 2 aliphatic heterocycles. The van der Waals surface area contributed by atoms with Crippen molar-refractivity contribution in [2.24, 2.45) is 0 Å². The summed E-state index contributed by atoms with van der Waals surface area (Å²) in [4.78, 5) is 45.8. The highest BCUT2D eigenvalue weighted by atomic mass is 16.5. The molecule has 3 aromatic rings. The Hall–Kier alpha value is -4.33. The number of hydrogen-bond acceptors (Lipinski definition) is 5. The van der Waals surface area contributed by atoms with Crippen LogP contribution in [0, 0.1) is 0 Å². The van der Waals surface area contributed by atoms with Gasteiger partial charge in [0.05, 0.1) is 19.8 Å². The number of hydrogen-bond donors (Lipinski definition) is 1. The van der Waals surface area contributed by atoms with Crippen LogP contribution in [-0.4, -0.2) is 66.5 Å². The summed E-state index contributed by atoms with van der Waals surface area (Å²) >= 11 is 0. The molecular formula is C31H34N4O4. The summed E-state index contributed by atoms with van der Waals surface area (Å²) in [5.74, 6) is 0.287. The number of carbonyl (C=O) groups is 3. The van der Waals surface area contributed by atoms with Gasteiger partial charge in [-0.25, -0.2) is 0 Å². The molecule has 2 heterocycles. The lowest BCUT2D eigenvalue weighted by atomic mass is 9.85. The molecule has 2 saturated heterocycles. The Morgan fingerprint density at radius 3 is 2.28 bits per heavy atom. The third kappa shape index (κ3) is 5.32. The smallest absolute Gasteiger partial charge is 0.253 e. The van der Waals surface area contributed by atoms with Crippen LogP contribution in [0.25, 0.3) is 0 Å². The van der Waals surface area contributed by atoms with Gasteiger partial charge < -0.3 is 24.8 Å². The Bertz CT molecular complexity index is 1320. The van der Waals surface area contributed by atoms with Gasteiger partial charge in [0.25, 0.3) is 11.8 Å². The van der Waals surface area contributed by atoms with E-state index in [1.807, 2.05) is 73.7 Å². The molecule has 2 aliphatic rings. The van der Waals surface area contributed by atoms with Crippen LogP contribution in [0.2, 0.25) is 0 Å². The Balaban J connectivity index is 1.32. The number of nitrogens with one attached hydrogen (secondary N) is 1. The summed E-state index contributed by atoms with van der Waals surface area (Å²) in [5.41, 5.74) is 1.69. The quantitative estimate of drug-likeness (QED) is 0.506. The summed E-state index contributed by atoms with van der Waals surface area (Å²) in [7, 11) is 1.58. The van der Waals surface area contributed by atoms with Gasteiger partial charge in [-0.15, -0.1) is 0 Å². The van der Waals surface area contributed by atoms with Crippen LogP contribution in [0.5, 0.6) is 5.75 Å². The van der Waals surface area contributed by atoms with Crippen molar-refractivity contribution < 1.29 is 19.1 Å². The Labute approximate surface area is 229 Å². The number of anilines is 1. The number of para-hydroxylation sites is 1.